The highest BCUT2D eigenvalue weighted by atomic mass is 19.1. The molecule has 23 heavy (non-hydrogen) atoms. The van der Waals surface area contributed by atoms with Gasteiger partial charge in [-0.2, -0.15) is 0 Å². The molecule has 0 spiro atoms. The first-order valence-corrected chi connectivity index (χ1v) is 6.87. The summed E-state index contributed by atoms with van der Waals surface area (Å²) in [5.41, 5.74) is 0.0179. The van der Waals surface area contributed by atoms with E-state index in [0.717, 1.165) is 12.1 Å². The van der Waals surface area contributed by atoms with Gasteiger partial charge in [0.15, 0.2) is 6.10 Å². The van der Waals surface area contributed by atoms with Gasteiger partial charge in [0, 0.05) is 18.2 Å². The van der Waals surface area contributed by atoms with Crippen LogP contribution in [0.4, 0.5) is 8.78 Å². The Morgan fingerprint density at radius 1 is 1.17 bits per heavy atom. The van der Waals surface area contributed by atoms with Gasteiger partial charge in [0.2, 0.25) is 0 Å². The van der Waals surface area contributed by atoms with Crippen LogP contribution in [0.1, 0.15) is 5.56 Å². The Balaban J connectivity index is 2.02. The summed E-state index contributed by atoms with van der Waals surface area (Å²) >= 11 is 0. The average molecular weight is 333 g/mol. The fourth-order valence-electron chi connectivity index (χ4n) is 2.27. The lowest BCUT2D eigenvalue weighted by Gasteiger charge is -2.39. The molecule has 128 valence electrons. The number of benzene rings is 1. The Bertz CT molecular complexity index is 570. The van der Waals surface area contributed by atoms with E-state index in [9.17, 15) is 28.9 Å². The van der Waals surface area contributed by atoms with Crippen LogP contribution in [0.3, 0.4) is 0 Å². The standard InChI is InChI=1S/C14H17F2NO6/c15-7-2-1-6(8(16)3-7)4-17-14(22)13-12(21)11(20)10(19)9(5-18)23-13/h1-3,9-13,18-21H,4-5H2,(H,17,22)/t9?,10?,11?,12?,13-/m0/s1. The summed E-state index contributed by atoms with van der Waals surface area (Å²) in [4.78, 5) is 12.0. The lowest BCUT2D eigenvalue weighted by atomic mass is 9.94. The Hall–Kier alpha value is -1.65. The first-order valence-electron chi connectivity index (χ1n) is 6.87. The smallest absolute Gasteiger partial charge is 0.252 e. The molecular formula is C14H17F2NO6. The van der Waals surface area contributed by atoms with Crippen molar-refractivity contribution in [1.29, 1.82) is 0 Å². The molecule has 0 radical (unpaired) electrons. The third-order valence-electron chi connectivity index (χ3n) is 3.62. The molecule has 5 N–H and O–H groups in total. The molecule has 1 amide bonds. The largest absolute Gasteiger partial charge is 0.394 e. The van der Waals surface area contributed by atoms with Crippen molar-refractivity contribution in [3.8, 4) is 0 Å². The third kappa shape index (κ3) is 3.82. The van der Waals surface area contributed by atoms with E-state index in [4.69, 9.17) is 9.84 Å². The van der Waals surface area contributed by atoms with Crippen molar-refractivity contribution in [3.63, 3.8) is 0 Å². The molecular weight excluding hydrogens is 316 g/mol. The molecule has 7 nitrogen and oxygen atoms in total. The second-order valence-electron chi connectivity index (χ2n) is 5.20. The van der Waals surface area contributed by atoms with Gasteiger partial charge >= 0.3 is 0 Å². The third-order valence-corrected chi connectivity index (χ3v) is 3.62. The summed E-state index contributed by atoms with van der Waals surface area (Å²) in [5, 5.41) is 40.3. The van der Waals surface area contributed by atoms with Gasteiger partial charge in [0.05, 0.1) is 6.61 Å². The van der Waals surface area contributed by atoms with E-state index in [1.807, 2.05) is 0 Å². The van der Waals surface area contributed by atoms with E-state index < -0.39 is 54.7 Å². The van der Waals surface area contributed by atoms with E-state index in [1.165, 1.54) is 0 Å². The van der Waals surface area contributed by atoms with Crippen LogP contribution in [0, 0.1) is 11.6 Å². The van der Waals surface area contributed by atoms with Gasteiger partial charge in [-0.15, -0.1) is 0 Å². The van der Waals surface area contributed by atoms with Crippen molar-refractivity contribution in [3.05, 3.63) is 35.4 Å². The normalized spacial score (nSPS) is 31.0. The van der Waals surface area contributed by atoms with Crippen LogP contribution in [-0.2, 0) is 16.1 Å². The summed E-state index contributed by atoms with van der Waals surface area (Å²) < 4.78 is 31.3. The van der Waals surface area contributed by atoms with Gasteiger partial charge in [0.25, 0.3) is 5.91 Å². The average Bonchev–Trinajstić information content (AvgIpc) is 2.52. The number of amides is 1. The Morgan fingerprint density at radius 2 is 1.87 bits per heavy atom. The summed E-state index contributed by atoms with van der Waals surface area (Å²) in [6.45, 7) is -0.957. The predicted octanol–water partition coefficient (Wildman–Crippen LogP) is -1.58. The number of halogens is 2. The minimum Gasteiger partial charge on any atom is -0.394 e. The number of nitrogens with one attached hydrogen (secondary N) is 1. The lowest BCUT2D eigenvalue weighted by Crippen LogP contribution is -2.62. The molecule has 9 heteroatoms. The molecule has 0 saturated carbocycles. The van der Waals surface area contributed by atoms with Crippen molar-refractivity contribution < 1.29 is 38.7 Å². The Labute approximate surface area is 130 Å². The monoisotopic (exact) mass is 333 g/mol. The maximum atomic E-state index is 13.5. The fraction of sp³-hybridized carbons (Fsp3) is 0.500. The maximum absolute atomic E-state index is 13.5. The molecule has 1 aliphatic rings. The molecule has 1 aliphatic heterocycles. The van der Waals surface area contributed by atoms with E-state index in [0.29, 0.717) is 6.07 Å². The summed E-state index contributed by atoms with van der Waals surface area (Å²) in [7, 11) is 0. The van der Waals surface area contributed by atoms with Crippen molar-refractivity contribution in [2.45, 2.75) is 37.1 Å². The van der Waals surface area contributed by atoms with Gasteiger partial charge in [-0.1, -0.05) is 6.07 Å². The molecule has 1 heterocycles. The van der Waals surface area contributed by atoms with Crippen LogP contribution in [0.5, 0.6) is 0 Å². The van der Waals surface area contributed by atoms with Crippen LogP contribution >= 0.6 is 0 Å². The molecule has 2 rings (SSSR count). The van der Waals surface area contributed by atoms with Crippen LogP contribution in [0.2, 0.25) is 0 Å². The predicted molar refractivity (Wildman–Crippen MR) is 72.0 cm³/mol. The first-order chi connectivity index (χ1) is 10.8. The SMILES string of the molecule is O=C(NCc1ccc(F)cc1F)[C@H]1OC(CO)C(O)C(O)C1O. The van der Waals surface area contributed by atoms with Crippen LogP contribution in [0.15, 0.2) is 18.2 Å². The summed E-state index contributed by atoms with van der Waals surface area (Å²) in [6, 6.07) is 2.84. The van der Waals surface area contributed by atoms with Gasteiger partial charge < -0.3 is 30.5 Å². The van der Waals surface area contributed by atoms with Crippen molar-refractivity contribution in [2.75, 3.05) is 6.61 Å². The second kappa shape index (κ2) is 7.28. The highest BCUT2D eigenvalue weighted by Gasteiger charge is 2.46. The van der Waals surface area contributed by atoms with E-state index in [-0.39, 0.29) is 12.1 Å². The van der Waals surface area contributed by atoms with Gasteiger partial charge in [0.1, 0.15) is 36.1 Å². The maximum Gasteiger partial charge on any atom is 0.252 e. The van der Waals surface area contributed by atoms with Crippen molar-refractivity contribution in [1.82, 2.24) is 5.32 Å². The zero-order chi connectivity index (χ0) is 17.1. The molecule has 4 unspecified atom stereocenters. The minimum atomic E-state index is -1.72. The van der Waals surface area contributed by atoms with Crippen molar-refractivity contribution in [2.24, 2.45) is 0 Å². The zero-order valence-electron chi connectivity index (χ0n) is 11.9. The van der Waals surface area contributed by atoms with E-state index in [2.05, 4.69) is 5.32 Å². The second-order valence-corrected chi connectivity index (χ2v) is 5.20. The van der Waals surface area contributed by atoms with Crippen LogP contribution in [-0.4, -0.2) is 63.5 Å². The van der Waals surface area contributed by atoms with E-state index in [1.54, 1.807) is 0 Å². The van der Waals surface area contributed by atoms with Gasteiger partial charge in [-0.05, 0) is 6.07 Å². The number of aliphatic hydroxyl groups excluding tert-OH is 4. The van der Waals surface area contributed by atoms with E-state index >= 15 is 0 Å². The quantitative estimate of drug-likeness (QED) is 0.454. The highest BCUT2D eigenvalue weighted by molar-refractivity contribution is 5.81. The highest BCUT2D eigenvalue weighted by Crippen LogP contribution is 2.21. The van der Waals surface area contributed by atoms with Gasteiger partial charge in [-0.3, -0.25) is 4.79 Å². The van der Waals surface area contributed by atoms with Crippen molar-refractivity contribution >= 4 is 5.91 Å². The number of ether oxygens (including phenoxy) is 1. The molecule has 1 fully saturated rings. The zero-order valence-corrected chi connectivity index (χ0v) is 11.9. The molecule has 0 aliphatic carbocycles. The minimum absolute atomic E-state index is 0.0179. The van der Waals surface area contributed by atoms with Crippen LogP contribution < -0.4 is 5.32 Å². The Kier molecular flexibility index (Phi) is 5.60. The lowest BCUT2D eigenvalue weighted by molar-refractivity contribution is -0.226. The number of aliphatic hydroxyl groups is 4. The molecule has 1 saturated heterocycles. The van der Waals surface area contributed by atoms with Crippen LogP contribution in [0.25, 0.3) is 0 Å². The molecule has 1 aromatic rings. The number of hydrogen-bond donors (Lipinski definition) is 5. The number of rotatable bonds is 4. The molecule has 5 atom stereocenters. The summed E-state index contributed by atoms with van der Waals surface area (Å²) in [5.74, 6) is -2.48. The fourth-order valence-corrected chi connectivity index (χ4v) is 2.27. The van der Waals surface area contributed by atoms with Gasteiger partial charge in [-0.25, -0.2) is 8.78 Å². The number of hydrogen-bond acceptors (Lipinski definition) is 6. The summed E-state index contributed by atoms with van der Waals surface area (Å²) in [6.07, 6.45) is -7.74. The molecule has 0 aromatic heterocycles. The number of carbonyl (C=O) groups is 1. The molecule has 1 aromatic carbocycles. The Morgan fingerprint density at radius 3 is 2.48 bits per heavy atom. The first kappa shape index (κ1) is 17.7. The molecule has 0 bridgehead atoms. The number of carbonyl (C=O) groups excluding carboxylic acids is 1. The topological polar surface area (TPSA) is 119 Å².